The van der Waals surface area contributed by atoms with Crippen molar-refractivity contribution in [1.82, 2.24) is 9.78 Å². The summed E-state index contributed by atoms with van der Waals surface area (Å²) in [7, 11) is 0. The molecule has 0 unspecified atom stereocenters. The Morgan fingerprint density at radius 1 is 1.04 bits per heavy atom. The van der Waals surface area contributed by atoms with Crippen LogP contribution in [0.15, 0.2) is 54.6 Å². The van der Waals surface area contributed by atoms with Crippen LogP contribution in [0.3, 0.4) is 0 Å². The molecule has 2 aromatic carbocycles. The van der Waals surface area contributed by atoms with Gasteiger partial charge in [-0.05, 0) is 24.3 Å². The number of rotatable bonds is 4. The van der Waals surface area contributed by atoms with Gasteiger partial charge in [-0.2, -0.15) is 5.10 Å². The first-order valence-electron chi connectivity index (χ1n) is 6.98. The summed E-state index contributed by atoms with van der Waals surface area (Å²) in [5.74, 6) is 0.0368. The molecule has 1 aromatic heterocycles. The minimum Gasteiger partial charge on any atom is -0.387 e. The van der Waals surface area contributed by atoms with Crippen molar-refractivity contribution >= 4 is 41.4 Å². The molecule has 7 heteroatoms. The van der Waals surface area contributed by atoms with Crippen molar-refractivity contribution in [3.05, 3.63) is 70.3 Å². The number of hydrogen-bond donors (Lipinski definition) is 2. The van der Waals surface area contributed by atoms with Crippen LogP contribution in [0.25, 0.3) is 16.9 Å². The summed E-state index contributed by atoms with van der Waals surface area (Å²) in [5, 5.41) is 13.3. The number of halogens is 3. The average molecular weight is 382 g/mol. The number of benzene rings is 2. The van der Waals surface area contributed by atoms with E-state index in [4.69, 9.17) is 34.3 Å². The van der Waals surface area contributed by atoms with Crippen molar-refractivity contribution in [1.29, 1.82) is 5.41 Å². The summed E-state index contributed by atoms with van der Waals surface area (Å²) in [6.07, 6.45) is 0.240. The molecule has 0 spiro atoms. The van der Waals surface area contributed by atoms with Crippen LogP contribution in [0.4, 0.5) is 0 Å². The molecule has 0 aliphatic rings. The van der Waals surface area contributed by atoms with Crippen molar-refractivity contribution in [3.63, 3.8) is 0 Å². The van der Waals surface area contributed by atoms with Crippen LogP contribution in [0.5, 0.6) is 0 Å². The van der Waals surface area contributed by atoms with Gasteiger partial charge in [0.1, 0.15) is 5.15 Å². The summed E-state index contributed by atoms with van der Waals surface area (Å²) >= 11 is 12.5. The van der Waals surface area contributed by atoms with Crippen LogP contribution in [-0.2, 0) is 6.42 Å². The van der Waals surface area contributed by atoms with Gasteiger partial charge in [-0.3, -0.25) is 5.41 Å². The fourth-order valence-corrected chi connectivity index (χ4v) is 2.77. The van der Waals surface area contributed by atoms with Gasteiger partial charge in [0, 0.05) is 22.6 Å². The van der Waals surface area contributed by atoms with Crippen LogP contribution in [0.2, 0.25) is 10.2 Å². The SMILES string of the molecule is Cl.N=C(N)Cc1c(-c2ccc(Cl)cc2)nn(-c2ccccc2)c1Cl. The molecule has 0 aliphatic carbocycles. The van der Waals surface area contributed by atoms with E-state index in [1.54, 1.807) is 16.8 Å². The monoisotopic (exact) mass is 380 g/mol. The van der Waals surface area contributed by atoms with Crippen molar-refractivity contribution in [2.45, 2.75) is 6.42 Å². The topological polar surface area (TPSA) is 67.7 Å². The molecular formula is C17H15Cl3N4. The standard InChI is InChI=1S/C17H14Cl2N4.ClH/c18-12-8-6-11(7-9-12)16-14(10-15(20)21)17(19)23(22-16)13-4-2-1-3-5-13;/h1-9H,10H2,(H3,20,21);1H. The van der Waals surface area contributed by atoms with Crippen LogP contribution < -0.4 is 5.73 Å². The van der Waals surface area contributed by atoms with Crippen molar-refractivity contribution in [2.75, 3.05) is 0 Å². The summed E-state index contributed by atoms with van der Waals surface area (Å²) in [6.45, 7) is 0. The molecule has 3 rings (SSSR count). The Morgan fingerprint density at radius 2 is 1.67 bits per heavy atom. The molecule has 0 amide bonds. The molecule has 3 aromatic rings. The number of nitrogens with one attached hydrogen (secondary N) is 1. The normalized spacial score (nSPS) is 10.2. The van der Waals surface area contributed by atoms with Crippen molar-refractivity contribution < 1.29 is 0 Å². The van der Waals surface area contributed by atoms with Crippen LogP contribution in [0, 0.1) is 5.41 Å². The number of aromatic nitrogens is 2. The summed E-state index contributed by atoms with van der Waals surface area (Å²) < 4.78 is 1.66. The number of hydrogen-bond acceptors (Lipinski definition) is 2. The predicted molar refractivity (Wildman–Crippen MR) is 102 cm³/mol. The van der Waals surface area contributed by atoms with Gasteiger partial charge in [0.05, 0.1) is 17.2 Å². The van der Waals surface area contributed by atoms with Gasteiger partial charge in [0.2, 0.25) is 0 Å². The average Bonchev–Trinajstić information content (AvgIpc) is 2.86. The first kappa shape index (κ1) is 18.3. The highest BCUT2D eigenvalue weighted by atomic mass is 35.5. The zero-order chi connectivity index (χ0) is 16.4. The van der Waals surface area contributed by atoms with Gasteiger partial charge in [-0.1, -0.05) is 53.5 Å². The number of nitrogens with zero attached hydrogens (tertiary/aromatic N) is 2. The van der Waals surface area contributed by atoms with E-state index in [-0.39, 0.29) is 24.7 Å². The first-order chi connectivity index (χ1) is 11.1. The summed E-state index contributed by atoms with van der Waals surface area (Å²) in [5.41, 5.74) is 8.73. The van der Waals surface area contributed by atoms with Crippen LogP contribution in [-0.4, -0.2) is 15.6 Å². The molecule has 0 bridgehead atoms. The van der Waals surface area contributed by atoms with Crippen LogP contribution >= 0.6 is 35.6 Å². The largest absolute Gasteiger partial charge is 0.387 e. The fourth-order valence-electron chi connectivity index (χ4n) is 2.36. The lowest BCUT2D eigenvalue weighted by Crippen LogP contribution is -2.13. The smallest absolute Gasteiger partial charge is 0.137 e. The lowest BCUT2D eigenvalue weighted by atomic mass is 10.1. The van der Waals surface area contributed by atoms with Gasteiger partial charge in [0.15, 0.2) is 0 Å². The number of amidine groups is 1. The highest BCUT2D eigenvalue weighted by Gasteiger charge is 2.19. The molecule has 124 valence electrons. The van der Waals surface area contributed by atoms with Gasteiger partial charge >= 0.3 is 0 Å². The minimum absolute atomic E-state index is 0. The summed E-state index contributed by atoms with van der Waals surface area (Å²) in [4.78, 5) is 0. The second-order valence-electron chi connectivity index (χ2n) is 5.07. The maximum Gasteiger partial charge on any atom is 0.137 e. The van der Waals surface area contributed by atoms with E-state index >= 15 is 0 Å². The molecule has 1 heterocycles. The first-order valence-corrected chi connectivity index (χ1v) is 7.73. The van der Waals surface area contributed by atoms with Crippen LogP contribution in [0.1, 0.15) is 5.56 Å². The Bertz CT molecular complexity index is 842. The van der Waals surface area contributed by atoms with E-state index < -0.39 is 0 Å². The quantitative estimate of drug-likeness (QED) is 0.506. The van der Waals surface area contributed by atoms with Crippen molar-refractivity contribution in [2.24, 2.45) is 5.73 Å². The van der Waals surface area contributed by atoms with E-state index in [1.165, 1.54) is 0 Å². The molecule has 4 nitrogen and oxygen atoms in total. The van der Waals surface area contributed by atoms with E-state index in [1.807, 2.05) is 42.5 Å². The summed E-state index contributed by atoms with van der Waals surface area (Å²) in [6, 6.07) is 16.9. The van der Waals surface area contributed by atoms with Crippen molar-refractivity contribution in [3.8, 4) is 16.9 Å². The zero-order valence-electron chi connectivity index (χ0n) is 12.5. The fraction of sp³-hybridized carbons (Fsp3) is 0.0588. The molecule has 0 fully saturated rings. The maximum atomic E-state index is 7.60. The Hall–Kier alpha value is -2.01. The molecule has 24 heavy (non-hydrogen) atoms. The van der Waals surface area contributed by atoms with Gasteiger partial charge in [-0.25, -0.2) is 4.68 Å². The Labute approximate surface area is 156 Å². The Kier molecular flexibility index (Phi) is 5.89. The molecule has 0 saturated carbocycles. The molecule has 0 radical (unpaired) electrons. The second kappa shape index (κ2) is 7.71. The highest BCUT2D eigenvalue weighted by Crippen LogP contribution is 2.31. The molecule has 0 aliphatic heterocycles. The third kappa shape index (κ3) is 3.73. The van der Waals surface area contributed by atoms with Gasteiger partial charge in [-0.15, -0.1) is 12.4 Å². The lowest BCUT2D eigenvalue weighted by Gasteiger charge is -2.03. The number of para-hydroxylation sites is 1. The second-order valence-corrected chi connectivity index (χ2v) is 5.87. The number of nitrogens with two attached hydrogens (primary N) is 1. The third-order valence-corrected chi connectivity index (χ3v) is 4.05. The predicted octanol–water partition coefficient (Wildman–Crippen LogP) is 4.75. The lowest BCUT2D eigenvalue weighted by molar-refractivity contribution is 0.884. The molecule has 3 N–H and O–H groups in total. The Balaban J connectivity index is 0.00000208. The minimum atomic E-state index is 0. The Morgan fingerprint density at radius 3 is 2.25 bits per heavy atom. The van der Waals surface area contributed by atoms with E-state index in [9.17, 15) is 0 Å². The maximum absolute atomic E-state index is 7.60. The zero-order valence-corrected chi connectivity index (χ0v) is 14.9. The van der Waals surface area contributed by atoms with E-state index in [0.29, 0.717) is 15.9 Å². The van der Waals surface area contributed by atoms with Gasteiger partial charge in [0.25, 0.3) is 0 Å². The highest BCUT2D eigenvalue weighted by molar-refractivity contribution is 6.31. The molecular weight excluding hydrogens is 367 g/mol. The third-order valence-electron chi connectivity index (χ3n) is 3.41. The van der Waals surface area contributed by atoms with Gasteiger partial charge < -0.3 is 5.73 Å². The van der Waals surface area contributed by atoms with E-state index in [0.717, 1.165) is 16.8 Å². The molecule has 0 saturated heterocycles. The van der Waals surface area contributed by atoms with E-state index in [2.05, 4.69) is 5.10 Å². The molecule has 0 atom stereocenters.